The predicted octanol–water partition coefficient (Wildman–Crippen LogP) is 3.30. The van der Waals surface area contributed by atoms with Crippen LogP contribution in [0.25, 0.3) is 16.6 Å². The van der Waals surface area contributed by atoms with Crippen molar-refractivity contribution in [2.75, 3.05) is 36.0 Å². The van der Waals surface area contributed by atoms with E-state index in [2.05, 4.69) is 15.4 Å². The molecule has 0 N–H and O–H groups in total. The van der Waals surface area contributed by atoms with Crippen LogP contribution in [0.5, 0.6) is 0 Å². The van der Waals surface area contributed by atoms with Gasteiger partial charge in [-0.05, 0) is 61.4 Å². The van der Waals surface area contributed by atoms with Crippen molar-refractivity contribution < 1.29 is 13.2 Å². The number of aromatic nitrogens is 2. The average molecular weight is 490 g/mol. The van der Waals surface area contributed by atoms with E-state index in [1.807, 2.05) is 43.5 Å². The standard InChI is InChI=1S/C26H27N5O3S/c1-18-16-20-17-21(9-10-23(20)31(18)19(2)32)35(33,34)29-14-12-28(13-15-29)26-25-8-5-11-30(25)24-7-4-3-6-22(24)27-26/h3-11,17-18H,12-16H2,1-2H3. The zero-order valence-corrected chi connectivity index (χ0v) is 20.6. The number of para-hydroxylation sites is 2. The minimum atomic E-state index is -3.63. The fourth-order valence-electron chi connectivity index (χ4n) is 5.48. The van der Waals surface area contributed by atoms with E-state index in [9.17, 15) is 13.2 Å². The Morgan fingerprint density at radius 3 is 2.49 bits per heavy atom. The first-order valence-corrected chi connectivity index (χ1v) is 13.3. The van der Waals surface area contributed by atoms with Crippen molar-refractivity contribution in [3.63, 3.8) is 0 Å². The van der Waals surface area contributed by atoms with Crippen LogP contribution < -0.4 is 9.80 Å². The van der Waals surface area contributed by atoms with E-state index >= 15 is 0 Å². The van der Waals surface area contributed by atoms with E-state index in [1.54, 1.807) is 34.3 Å². The summed E-state index contributed by atoms with van der Waals surface area (Å²) in [6.07, 6.45) is 2.69. The third-order valence-electron chi connectivity index (χ3n) is 7.13. The van der Waals surface area contributed by atoms with Gasteiger partial charge in [0.2, 0.25) is 15.9 Å². The summed E-state index contributed by atoms with van der Waals surface area (Å²) in [5.74, 6) is 0.851. The lowest BCUT2D eigenvalue weighted by Gasteiger charge is -2.35. The lowest BCUT2D eigenvalue weighted by atomic mass is 10.1. The molecule has 2 aromatic carbocycles. The first kappa shape index (κ1) is 22.1. The Balaban J connectivity index is 1.25. The number of sulfonamides is 1. The van der Waals surface area contributed by atoms with Crippen LogP contribution in [0.2, 0.25) is 0 Å². The Bertz CT molecular complexity index is 1570. The third kappa shape index (κ3) is 3.49. The number of rotatable bonds is 3. The molecule has 1 fully saturated rings. The summed E-state index contributed by atoms with van der Waals surface area (Å²) in [6.45, 7) is 5.42. The number of amides is 1. The zero-order chi connectivity index (χ0) is 24.3. The van der Waals surface area contributed by atoms with Gasteiger partial charge in [0, 0.05) is 51.0 Å². The van der Waals surface area contributed by atoms with E-state index in [1.165, 1.54) is 0 Å². The van der Waals surface area contributed by atoms with Crippen molar-refractivity contribution in [1.29, 1.82) is 0 Å². The van der Waals surface area contributed by atoms with Gasteiger partial charge < -0.3 is 14.2 Å². The van der Waals surface area contributed by atoms with Gasteiger partial charge in [-0.3, -0.25) is 4.79 Å². The molecule has 180 valence electrons. The van der Waals surface area contributed by atoms with Gasteiger partial charge in [0.25, 0.3) is 0 Å². The largest absolute Gasteiger partial charge is 0.352 e. The average Bonchev–Trinajstić information content (AvgIpc) is 3.47. The van der Waals surface area contributed by atoms with E-state index in [0.717, 1.165) is 33.6 Å². The van der Waals surface area contributed by atoms with Crippen LogP contribution in [-0.2, 0) is 21.2 Å². The van der Waals surface area contributed by atoms with Crippen LogP contribution in [0.15, 0.2) is 65.7 Å². The topological polar surface area (TPSA) is 78.2 Å². The molecular formula is C26H27N5O3S. The molecule has 0 saturated carbocycles. The molecule has 1 saturated heterocycles. The molecule has 9 heteroatoms. The lowest BCUT2D eigenvalue weighted by Crippen LogP contribution is -2.49. The number of hydrogen-bond donors (Lipinski definition) is 0. The Hall–Kier alpha value is -3.43. The molecule has 4 heterocycles. The quantitative estimate of drug-likeness (QED) is 0.441. The Labute approximate surface area is 204 Å². The van der Waals surface area contributed by atoms with Crippen molar-refractivity contribution in [2.24, 2.45) is 0 Å². The fourth-order valence-corrected chi connectivity index (χ4v) is 6.95. The smallest absolute Gasteiger partial charge is 0.243 e. The molecule has 0 aliphatic carbocycles. The maximum atomic E-state index is 13.5. The molecule has 0 spiro atoms. The van der Waals surface area contributed by atoms with Crippen LogP contribution in [0.4, 0.5) is 11.5 Å². The SMILES string of the molecule is CC(=O)N1c2ccc(S(=O)(=O)N3CCN(c4nc5ccccc5n5cccc45)CC3)cc2CC1C. The lowest BCUT2D eigenvalue weighted by molar-refractivity contribution is -0.116. The summed E-state index contributed by atoms with van der Waals surface area (Å²) in [6, 6.07) is 17.3. The van der Waals surface area contributed by atoms with Gasteiger partial charge in [-0.1, -0.05) is 12.1 Å². The Kier molecular flexibility index (Phi) is 5.08. The number of anilines is 2. The molecular weight excluding hydrogens is 462 g/mol. The molecule has 0 bridgehead atoms. The molecule has 1 atom stereocenters. The number of hydrogen-bond acceptors (Lipinski definition) is 5. The summed E-state index contributed by atoms with van der Waals surface area (Å²) in [4.78, 5) is 21.1. The second-order valence-electron chi connectivity index (χ2n) is 9.31. The summed E-state index contributed by atoms with van der Waals surface area (Å²) >= 11 is 0. The van der Waals surface area contributed by atoms with Crippen molar-refractivity contribution >= 4 is 44.0 Å². The van der Waals surface area contributed by atoms with Gasteiger partial charge in [0.05, 0.1) is 21.4 Å². The molecule has 6 rings (SSSR count). The first-order chi connectivity index (χ1) is 16.8. The van der Waals surface area contributed by atoms with Gasteiger partial charge in [-0.25, -0.2) is 13.4 Å². The van der Waals surface area contributed by atoms with Gasteiger partial charge in [0.1, 0.15) is 0 Å². The van der Waals surface area contributed by atoms with Crippen LogP contribution in [0.1, 0.15) is 19.4 Å². The van der Waals surface area contributed by atoms with E-state index < -0.39 is 10.0 Å². The normalized spacial score (nSPS) is 19.0. The summed E-state index contributed by atoms with van der Waals surface area (Å²) in [5.41, 5.74) is 4.69. The Morgan fingerprint density at radius 1 is 0.971 bits per heavy atom. The molecule has 4 aromatic rings. The fraction of sp³-hybridized carbons (Fsp3) is 0.308. The van der Waals surface area contributed by atoms with E-state index in [0.29, 0.717) is 37.5 Å². The minimum Gasteiger partial charge on any atom is -0.352 e. The predicted molar refractivity (Wildman–Crippen MR) is 136 cm³/mol. The monoisotopic (exact) mass is 489 g/mol. The minimum absolute atomic E-state index is 0.0256. The van der Waals surface area contributed by atoms with Crippen molar-refractivity contribution in [3.8, 4) is 0 Å². The van der Waals surface area contributed by atoms with Crippen LogP contribution in [0, 0.1) is 0 Å². The van der Waals surface area contributed by atoms with Gasteiger partial charge in [-0.15, -0.1) is 0 Å². The number of piperazine rings is 1. The maximum Gasteiger partial charge on any atom is 0.243 e. The van der Waals surface area contributed by atoms with Gasteiger partial charge in [-0.2, -0.15) is 4.31 Å². The Morgan fingerprint density at radius 2 is 1.71 bits per heavy atom. The molecule has 35 heavy (non-hydrogen) atoms. The molecule has 2 aromatic heterocycles. The summed E-state index contributed by atoms with van der Waals surface area (Å²) < 4.78 is 30.7. The maximum absolute atomic E-state index is 13.5. The molecule has 1 unspecified atom stereocenters. The summed E-state index contributed by atoms with van der Waals surface area (Å²) in [5, 5.41) is 0. The van der Waals surface area contributed by atoms with Gasteiger partial charge in [0.15, 0.2) is 5.82 Å². The highest BCUT2D eigenvalue weighted by molar-refractivity contribution is 7.89. The zero-order valence-electron chi connectivity index (χ0n) is 19.8. The van der Waals surface area contributed by atoms with Crippen LogP contribution in [-0.4, -0.2) is 60.2 Å². The highest BCUT2D eigenvalue weighted by atomic mass is 32.2. The molecule has 2 aliphatic heterocycles. The second-order valence-corrected chi connectivity index (χ2v) is 11.2. The van der Waals surface area contributed by atoms with Crippen molar-refractivity contribution in [2.45, 2.75) is 31.2 Å². The number of nitrogens with zero attached hydrogens (tertiary/aromatic N) is 5. The first-order valence-electron chi connectivity index (χ1n) is 11.9. The van der Waals surface area contributed by atoms with Gasteiger partial charge >= 0.3 is 0 Å². The number of carbonyl (C=O) groups excluding carboxylic acids is 1. The summed E-state index contributed by atoms with van der Waals surface area (Å²) in [7, 11) is -3.63. The second kappa shape index (κ2) is 8.07. The van der Waals surface area contributed by atoms with Crippen molar-refractivity contribution in [3.05, 3.63) is 66.4 Å². The molecule has 1 amide bonds. The van der Waals surface area contributed by atoms with Crippen LogP contribution >= 0.6 is 0 Å². The number of carbonyl (C=O) groups is 1. The molecule has 2 aliphatic rings. The highest BCUT2D eigenvalue weighted by Crippen LogP contribution is 2.35. The van der Waals surface area contributed by atoms with Crippen LogP contribution in [0.3, 0.4) is 0 Å². The molecule has 8 nitrogen and oxygen atoms in total. The van der Waals surface area contributed by atoms with E-state index in [4.69, 9.17) is 4.98 Å². The number of fused-ring (bicyclic) bond motifs is 4. The van der Waals surface area contributed by atoms with E-state index in [-0.39, 0.29) is 11.9 Å². The van der Waals surface area contributed by atoms with Crippen molar-refractivity contribution in [1.82, 2.24) is 13.7 Å². The molecule has 0 radical (unpaired) electrons. The third-order valence-corrected chi connectivity index (χ3v) is 9.02. The number of benzene rings is 2. The highest BCUT2D eigenvalue weighted by Gasteiger charge is 2.33.